The Bertz CT molecular complexity index is 397. The largest absolute Gasteiger partial charge is 0.356 e. The van der Waals surface area contributed by atoms with Crippen molar-refractivity contribution in [2.24, 2.45) is 0 Å². The Labute approximate surface area is 215 Å². The van der Waals surface area contributed by atoms with E-state index in [1.807, 2.05) is 0 Å². The minimum atomic E-state index is 0.238. The van der Waals surface area contributed by atoms with E-state index in [4.69, 9.17) is 0 Å². The summed E-state index contributed by atoms with van der Waals surface area (Å²) in [5.41, 5.74) is 0. The first-order valence-corrected chi connectivity index (χ1v) is 15.6. The van der Waals surface area contributed by atoms with Gasteiger partial charge in [-0.1, -0.05) is 148 Å². The van der Waals surface area contributed by atoms with E-state index < -0.39 is 0 Å². The Morgan fingerprint density at radius 1 is 0.500 bits per heavy atom. The monoisotopic (exact) mass is 481 g/mol. The van der Waals surface area contributed by atoms with E-state index in [0.717, 1.165) is 25.9 Å². The van der Waals surface area contributed by atoms with Crippen LogP contribution in [0.2, 0.25) is 0 Å². The predicted octanol–water partition coefficient (Wildman–Crippen LogP) is 9.44. The fraction of sp³-hybridized carbons (Fsp3) is 0.968. The molecule has 0 aromatic rings. The van der Waals surface area contributed by atoms with Crippen molar-refractivity contribution < 1.29 is 4.79 Å². The fourth-order valence-corrected chi connectivity index (χ4v) is 4.78. The summed E-state index contributed by atoms with van der Waals surface area (Å²) < 4.78 is 0. The summed E-state index contributed by atoms with van der Waals surface area (Å²) >= 11 is 0. The van der Waals surface area contributed by atoms with E-state index in [0.29, 0.717) is 6.42 Å². The summed E-state index contributed by atoms with van der Waals surface area (Å²) in [6, 6.07) is 0. The lowest BCUT2D eigenvalue weighted by Crippen LogP contribution is -2.26. The molecule has 3 heteroatoms. The molecule has 0 fully saturated rings. The molecule has 0 radical (unpaired) electrons. The number of nitrogens with zero attached hydrogens (tertiary/aromatic N) is 1. The highest BCUT2D eigenvalue weighted by molar-refractivity contribution is 5.75. The third-order valence-corrected chi connectivity index (χ3v) is 7.11. The van der Waals surface area contributed by atoms with Crippen LogP contribution in [0.4, 0.5) is 0 Å². The minimum absolute atomic E-state index is 0.238. The van der Waals surface area contributed by atoms with Crippen LogP contribution in [-0.2, 0) is 4.79 Å². The van der Waals surface area contributed by atoms with Gasteiger partial charge in [0.05, 0.1) is 0 Å². The second-order valence-electron chi connectivity index (χ2n) is 11.0. The van der Waals surface area contributed by atoms with Gasteiger partial charge in [0.25, 0.3) is 0 Å². The smallest absolute Gasteiger partial charge is 0.219 e. The van der Waals surface area contributed by atoms with Crippen LogP contribution in [0.15, 0.2) is 0 Å². The lowest BCUT2D eigenvalue weighted by atomic mass is 10.0. The van der Waals surface area contributed by atoms with E-state index in [1.54, 1.807) is 0 Å². The average molecular weight is 481 g/mol. The average Bonchev–Trinajstić information content (AvgIpc) is 2.82. The third kappa shape index (κ3) is 29.5. The van der Waals surface area contributed by atoms with Crippen molar-refractivity contribution in [1.29, 1.82) is 0 Å². The van der Waals surface area contributed by atoms with Crippen molar-refractivity contribution in [3.63, 3.8) is 0 Å². The quantitative estimate of drug-likeness (QED) is 0.113. The standard InChI is InChI=1S/C31H64N2O/c1-4-5-6-7-8-9-10-11-12-13-14-15-16-17-18-19-20-21-22-23-24-25-26-28-31(34)32-29-27-30-33(2)3/h4-30H2,1-3H3,(H,32,34). The van der Waals surface area contributed by atoms with Crippen LogP contribution in [0.5, 0.6) is 0 Å². The number of rotatable bonds is 28. The van der Waals surface area contributed by atoms with Crippen LogP contribution >= 0.6 is 0 Å². The van der Waals surface area contributed by atoms with Gasteiger partial charge < -0.3 is 10.2 Å². The molecular weight excluding hydrogens is 416 g/mol. The predicted molar refractivity (Wildman–Crippen MR) is 153 cm³/mol. The first-order valence-electron chi connectivity index (χ1n) is 15.6. The highest BCUT2D eigenvalue weighted by atomic mass is 16.1. The van der Waals surface area contributed by atoms with Gasteiger partial charge in [-0.15, -0.1) is 0 Å². The Balaban J connectivity index is 3.09. The van der Waals surface area contributed by atoms with Crippen LogP contribution < -0.4 is 5.32 Å². The molecule has 0 heterocycles. The maximum Gasteiger partial charge on any atom is 0.219 e. The van der Waals surface area contributed by atoms with Gasteiger partial charge in [-0.05, 0) is 33.5 Å². The molecule has 1 amide bonds. The van der Waals surface area contributed by atoms with Crippen molar-refractivity contribution >= 4 is 5.91 Å². The van der Waals surface area contributed by atoms with Crippen LogP contribution in [0.1, 0.15) is 167 Å². The van der Waals surface area contributed by atoms with Gasteiger partial charge in [-0.3, -0.25) is 4.79 Å². The van der Waals surface area contributed by atoms with Gasteiger partial charge in [-0.25, -0.2) is 0 Å². The molecule has 1 N–H and O–H groups in total. The van der Waals surface area contributed by atoms with Crippen molar-refractivity contribution in [3.05, 3.63) is 0 Å². The molecule has 0 aliphatic carbocycles. The molecule has 3 nitrogen and oxygen atoms in total. The maximum atomic E-state index is 11.8. The van der Waals surface area contributed by atoms with Crippen molar-refractivity contribution in [1.82, 2.24) is 10.2 Å². The molecular formula is C31H64N2O. The molecule has 0 aliphatic heterocycles. The lowest BCUT2D eigenvalue weighted by Gasteiger charge is -2.09. The number of hydrogen-bond acceptors (Lipinski definition) is 2. The van der Waals surface area contributed by atoms with Crippen molar-refractivity contribution in [2.45, 2.75) is 167 Å². The topological polar surface area (TPSA) is 32.3 Å². The van der Waals surface area contributed by atoms with Gasteiger partial charge >= 0.3 is 0 Å². The van der Waals surface area contributed by atoms with E-state index in [9.17, 15) is 4.79 Å². The summed E-state index contributed by atoms with van der Waals surface area (Å²) in [6.45, 7) is 4.15. The van der Waals surface area contributed by atoms with Gasteiger partial charge in [-0.2, -0.15) is 0 Å². The Morgan fingerprint density at radius 3 is 1.15 bits per heavy atom. The number of nitrogens with one attached hydrogen (secondary N) is 1. The van der Waals surface area contributed by atoms with Gasteiger partial charge in [0.2, 0.25) is 5.91 Å². The maximum absolute atomic E-state index is 11.8. The summed E-state index contributed by atoms with van der Waals surface area (Å²) in [6.07, 6.45) is 34.2. The zero-order valence-corrected chi connectivity index (χ0v) is 23.9. The van der Waals surface area contributed by atoms with E-state index in [-0.39, 0.29) is 5.91 Å². The van der Waals surface area contributed by atoms with Crippen molar-refractivity contribution in [2.75, 3.05) is 27.2 Å². The number of carbonyl (C=O) groups excluding carboxylic acids is 1. The molecule has 0 bridgehead atoms. The highest BCUT2D eigenvalue weighted by Gasteiger charge is 2.01. The van der Waals surface area contributed by atoms with E-state index >= 15 is 0 Å². The van der Waals surface area contributed by atoms with Crippen molar-refractivity contribution in [3.8, 4) is 0 Å². The normalized spacial score (nSPS) is 11.4. The molecule has 0 rings (SSSR count). The Hall–Kier alpha value is -0.570. The summed E-state index contributed by atoms with van der Waals surface area (Å²) in [5.74, 6) is 0.238. The summed E-state index contributed by atoms with van der Waals surface area (Å²) in [7, 11) is 4.14. The molecule has 0 saturated heterocycles. The second-order valence-corrected chi connectivity index (χ2v) is 11.0. The fourth-order valence-electron chi connectivity index (χ4n) is 4.78. The minimum Gasteiger partial charge on any atom is -0.356 e. The Morgan fingerprint density at radius 2 is 0.824 bits per heavy atom. The highest BCUT2D eigenvalue weighted by Crippen LogP contribution is 2.15. The molecule has 0 aliphatic rings. The van der Waals surface area contributed by atoms with E-state index in [1.165, 1.54) is 141 Å². The molecule has 34 heavy (non-hydrogen) atoms. The first kappa shape index (κ1) is 33.4. The molecule has 0 spiro atoms. The molecule has 0 aromatic carbocycles. The van der Waals surface area contributed by atoms with Gasteiger partial charge in [0.1, 0.15) is 0 Å². The first-order chi connectivity index (χ1) is 16.7. The van der Waals surface area contributed by atoms with Crippen LogP contribution in [0, 0.1) is 0 Å². The zero-order valence-electron chi connectivity index (χ0n) is 23.9. The number of unbranched alkanes of at least 4 members (excludes halogenated alkanes) is 22. The van der Waals surface area contributed by atoms with Gasteiger partial charge in [0.15, 0.2) is 0 Å². The zero-order chi connectivity index (χ0) is 25.0. The number of hydrogen-bond donors (Lipinski definition) is 1. The third-order valence-electron chi connectivity index (χ3n) is 7.11. The van der Waals surface area contributed by atoms with Gasteiger partial charge in [0, 0.05) is 13.0 Å². The lowest BCUT2D eigenvalue weighted by molar-refractivity contribution is -0.121. The molecule has 0 saturated carbocycles. The molecule has 204 valence electrons. The van der Waals surface area contributed by atoms with Crippen LogP contribution in [-0.4, -0.2) is 38.0 Å². The number of amides is 1. The number of carbonyl (C=O) groups is 1. The summed E-state index contributed by atoms with van der Waals surface area (Å²) in [4.78, 5) is 13.9. The molecule has 0 atom stereocenters. The van der Waals surface area contributed by atoms with Crippen LogP contribution in [0.25, 0.3) is 0 Å². The SMILES string of the molecule is CCCCCCCCCCCCCCCCCCCCCCCCCC(=O)NCCCN(C)C. The molecule has 0 unspecified atom stereocenters. The Kier molecular flexibility index (Phi) is 28.2. The second kappa shape index (κ2) is 28.7. The molecule has 0 aromatic heterocycles. The van der Waals surface area contributed by atoms with Crippen LogP contribution in [0.3, 0.4) is 0 Å². The summed E-state index contributed by atoms with van der Waals surface area (Å²) in [5, 5.41) is 3.04. The van der Waals surface area contributed by atoms with E-state index in [2.05, 4.69) is 31.2 Å².